The van der Waals surface area contributed by atoms with Gasteiger partial charge in [-0.3, -0.25) is 0 Å². The summed E-state index contributed by atoms with van der Waals surface area (Å²) in [6.07, 6.45) is 1.75. The first-order valence-electron chi connectivity index (χ1n) is 5.91. The lowest BCUT2D eigenvalue weighted by Gasteiger charge is -2.36. The Hall–Kier alpha value is -0.990. The minimum atomic E-state index is -3.76. The van der Waals surface area contributed by atoms with E-state index in [-0.39, 0.29) is 15.3 Å². The van der Waals surface area contributed by atoms with E-state index in [1.165, 1.54) is 9.82 Å². The van der Waals surface area contributed by atoms with E-state index >= 15 is 0 Å². The first kappa shape index (κ1) is 14.4. The molecule has 0 atom stereocenters. The molecule has 0 unspecified atom stereocenters. The van der Waals surface area contributed by atoms with Crippen LogP contribution in [0.25, 0.3) is 0 Å². The monoisotopic (exact) mass is 304 g/mol. The van der Waals surface area contributed by atoms with Gasteiger partial charge < -0.3 is 5.11 Å². The van der Waals surface area contributed by atoms with Gasteiger partial charge in [-0.15, -0.1) is 11.3 Å². The maximum Gasteiger partial charge on any atom is 0.356 e. The number of hydrogen-bond acceptors (Lipinski definition) is 5. The Kier molecular flexibility index (Phi) is 3.67. The third kappa shape index (κ3) is 2.80. The van der Waals surface area contributed by atoms with Gasteiger partial charge in [0.05, 0.1) is 5.51 Å². The summed E-state index contributed by atoms with van der Waals surface area (Å²) in [5, 5.41) is 8.98. The fourth-order valence-electron chi connectivity index (χ4n) is 2.25. The topological polar surface area (TPSA) is 87.6 Å². The van der Waals surface area contributed by atoms with Crippen LogP contribution in [-0.2, 0) is 10.0 Å². The van der Waals surface area contributed by atoms with Crippen LogP contribution in [0.3, 0.4) is 0 Å². The first-order chi connectivity index (χ1) is 8.74. The summed E-state index contributed by atoms with van der Waals surface area (Å²) in [6, 6.07) is 0. The van der Waals surface area contributed by atoms with E-state index in [1.807, 2.05) is 13.8 Å². The van der Waals surface area contributed by atoms with Crippen molar-refractivity contribution in [2.24, 2.45) is 5.41 Å². The van der Waals surface area contributed by atoms with Gasteiger partial charge in [0, 0.05) is 13.1 Å². The van der Waals surface area contributed by atoms with Crippen LogP contribution in [0.15, 0.2) is 9.72 Å². The van der Waals surface area contributed by atoms with Crippen LogP contribution in [0.5, 0.6) is 0 Å². The van der Waals surface area contributed by atoms with Gasteiger partial charge in [-0.25, -0.2) is 18.2 Å². The summed E-state index contributed by atoms with van der Waals surface area (Å²) in [5.41, 5.74) is 0.790. The number of thiazole rings is 1. The quantitative estimate of drug-likeness (QED) is 0.917. The molecule has 0 bridgehead atoms. The number of rotatable bonds is 3. The van der Waals surface area contributed by atoms with Crippen molar-refractivity contribution in [1.29, 1.82) is 0 Å². The molecular weight excluding hydrogens is 288 g/mol. The summed E-state index contributed by atoms with van der Waals surface area (Å²) >= 11 is 0.857. The average molecular weight is 304 g/mol. The van der Waals surface area contributed by atoms with E-state index < -0.39 is 16.0 Å². The van der Waals surface area contributed by atoms with Gasteiger partial charge in [-0.2, -0.15) is 4.31 Å². The van der Waals surface area contributed by atoms with E-state index in [9.17, 15) is 13.2 Å². The van der Waals surface area contributed by atoms with Crippen molar-refractivity contribution in [3.05, 3.63) is 11.2 Å². The highest BCUT2D eigenvalue weighted by Gasteiger charge is 2.37. The molecule has 0 radical (unpaired) electrons. The molecule has 0 saturated carbocycles. The molecule has 0 spiro atoms. The zero-order valence-corrected chi connectivity index (χ0v) is 12.4. The molecule has 1 fully saturated rings. The molecule has 2 rings (SSSR count). The van der Waals surface area contributed by atoms with E-state index in [1.54, 1.807) is 0 Å². The SMILES string of the molecule is CC1(C)CCCN(S(=O)(=O)c2scnc2C(=O)O)C1. The lowest BCUT2D eigenvalue weighted by Crippen LogP contribution is -2.43. The predicted octanol–water partition coefficient (Wildman–Crippen LogP) is 1.65. The van der Waals surface area contributed by atoms with Crippen molar-refractivity contribution in [3.8, 4) is 0 Å². The molecule has 1 saturated heterocycles. The number of nitrogens with zero attached hydrogens (tertiary/aromatic N) is 2. The molecular formula is C11H16N2O4S2. The van der Waals surface area contributed by atoms with E-state index in [0.29, 0.717) is 13.1 Å². The summed E-state index contributed by atoms with van der Waals surface area (Å²) in [6.45, 7) is 4.87. The number of sulfonamides is 1. The Morgan fingerprint density at radius 3 is 2.79 bits per heavy atom. The normalized spacial score (nSPS) is 20.3. The molecule has 1 aromatic heterocycles. The summed E-state index contributed by atoms with van der Waals surface area (Å²) in [4.78, 5) is 14.6. The first-order valence-corrected chi connectivity index (χ1v) is 8.23. The minimum Gasteiger partial charge on any atom is -0.476 e. The minimum absolute atomic E-state index is 0.0839. The number of aromatic nitrogens is 1. The Bertz CT molecular complexity index is 592. The van der Waals surface area contributed by atoms with Gasteiger partial charge in [0.2, 0.25) is 0 Å². The fraction of sp³-hybridized carbons (Fsp3) is 0.636. The highest BCUT2D eigenvalue weighted by Crippen LogP contribution is 2.33. The lowest BCUT2D eigenvalue weighted by atomic mass is 9.85. The van der Waals surface area contributed by atoms with E-state index in [4.69, 9.17) is 5.11 Å². The van der Waals surface area contributed by atoms with Crippen molar-refractivity contribution in [2.45, 2.75) is 30.9 Å². The molecule has 1 aliphatic rings. The smallest absolute Gasteiger partial charge is 0.356 e. The number of carboxylic acids is 1. The third-order valence-corrected chi connectivity index (χ3v) is 6.37. The summed E-state index contributed by atoms with van der Waals surface area (Å²) in [5.74, 6) is -1.31. The number of hydrogen-bond donors (Lipinski definition) is 1. The van der Waals surface area contributed by atoms with Crippen LogP contribution in [0, 0.1) is 5.41 Å². The summed E-state index contributed by atoms with van der Waals surface area (Å²) < 4.78 is 26.2. The zero-order chi connectivity index (χ0) is 14.3. The summed E-state index contributed by atoms with van der Waals surface area (Å²) in [7, 11) is -3.76. The van der Waals surface area contributed by atoms with Gasteiger partial charge in [0.25, 0.3) is 10.0 Å². The van der Waals surface area contributed by atoms with Crippen LogP contribution in [-0.4, -0.2) is 41.9 Å². The zero-order valence-electron chi connectivity index (χ0n) is 10.8. The predicted molar refractivity (Wildman–Crippen MR) is 70.8 cm³/mol. The number of aromatic carboxylic acids is 1. The standard InChI is InChI=1S/C11H16N2O4S2/c1-11(2)4-3-5-13(6-11)19(16,17)10-8(9(14)15)12-7-18-10/h7H,3-6H2,1-2H3,(H,14,15). The van der Waals surface area contributed by atoms with Crippen LogP contribution in [0.1, 0.15) is 37.2 Å². The molecule has 0 amide bonds. The second-order valence-corrected chi connectivity index (χ2v) is 8.39. The van der Waals surface area contributed by atoms with Crippen molar-refractivity contribution >= 4 is 27.3 Å². The molecule has 6 nitrogen and oxygen atoms in total. The Morgan fingerprint density at radius 1 is 1.53 bits per heavy atom. The van der Waals surface area contributed by atoms with Gasteiger partial charge in [-0.05, 0) is 18.3 Å². The molecule has 0 aromatic carbocycles. The van der Waals surface area contributed by atoms with Gasteiger partial charge in [0.15, 0.2) is 9.90 Å². The fourth-order valence-corrected chi connectivity index (χ4v) is 5.20. The molecule has 8 heteroatoms. The maximum absolute atomic E-state index is 12.5. The van der Waals surface area contributed by atoms with Crippen LogP contribution in [0.2, 0.25) is 0 Å². The second-order valence-electron chi connectivity index (χ2n) is 5.40. The number of carbonyl (C=O) groups is 1. The van der Waals surface area contributed by atoms with Crippen molar-refractivity contribution in [3.63, 3.8) is 0 Å². The molecule has 2 heterocycles. The Morgan fingerprint density at radius 2 is 2.21 bits per heavy atom. The lowest BCUT2D eigenvalue weighted by molar-refractivity contribution is 0.0687. The van der Waals surface area contributed by atoms with Gasteiger partial charge >= 0.3 is 5.97 Å². The Balaban J connectivity index is 2.37. The van der Waals surface area contributed by atoms with Crippen LogP contribution in [0.4, 0.5) is 0 Å². The number of piperidine rings is 1. The highest BCUT2D eigenvalue weighted by molar-refractivity contribution is 7.91. The second kappa shape index (κ2) is 4.84. The van der Waals surface area contributed by atoms with Crippen molar-refractivity contribution in [1.82, 2.24) is 9.29 Å². The number of carboxylic acid groups (broad SMARTS) is 1. The van der Waals surface area contributed by atoms with E-state index in [0.717, 1.165) is 24.2 Å². The molecule has 1 aromatic rings. The largest absolute Gasteiger partial charge is 0.476 e. The molecule has 0 aliphatic carbocycles. The van der Waals surface area contributed by atoms with Crippen molar-refractivity contribution in [2.75, 3.05) is 13.1 Å². The van der Waals surface area contributed by atoms with Crippen molar-refractivity contribution < 1.29 is 18.3 Å². The average Bonchev–Trinajstić information content (AvgIpc) is 2.77. The van der Waals surface area contributed by atoms with Crippen LogP contribution >= 0.6 is 11.3 Å². The molecule has 1 aliphatic heterocycles. The third-order valence-electron chi connectivity index (χ3n) is 3.18. The van der Waals surface area contributed by atoms with Gasteiger partial charge in [-0.1, -0.05) is 13.8 Å². The highest BCUT2D eigenvalue weighted by atomic mass is 32.2. The van der Waals surface area contributed by atoms with Gasteiger partial charge in [0.1, 0.15) is 0 Å². The Labute approximate surface area is 116 Å². The maximum atomic E-state index is 12.5. The molecule has 106 valence electrons. The molecule has 19 heavy (non-hydrogen) atoms. The van der Waals surface area contributed by atoms with E-state index in [2.05, 4.69) is 4.98 Å². The molecule has 1 N–H and O–H groups in total. The van der Waals surface area contributed by atoms with Crippen LogP contribution < -0.4 is 0 Å².